The Morgan fingerprint density at radius 1 is 1.28 bits per heavy atom. The standard InChI is InChI=1S/C19H32N4O2/c1-5-21-15(4)22-19(23-16-10-8-7-9-11-16)17(14(3)20)12-13-18(24)25-6-2/h12-13,16,21H,4-11,20H2,1-3H3,(H,22,23)/b13-12+,17-14-. The van der Waals surface area contributed by atoms with Gasteiger partial charge in [0.15, 0.2) is 0 Å². The molecule has 140 valence electrons. The molecule has 0 spiro atoms. The number of carbonyl (C=O) groups excluding carboxylic acids is 1. The van der Waals surface area contributed by atoms with E-state index in [0.29, 0.717) is 29.5 Å². The van der Waals surface area contributed by atoms with E-state index in [1.54, 1.807) is 19.9 Å². The van der Waals surface area contributed by atoms with Gasteiger partial charge in [0.25, 0.3) is 0 Å². The van der Waals surface area contributed by atoms with Gasteiger partial charge in [-0.1, -0.05) is 25.8 Å². The Bertz CT molecular complexity index is 540. The number of amidine groups is 1. The Morgan fingerprint density at radius 2 is 1.96 bits per heavy atom. The lowest BCUT2D eigenvalue weighted by Crippen LogP contribution is -2.33. The van der Waals surface area contributed by atoms with E-state index in [1.807, 2.05) is 6.92 Å². The maximum absolute atomic E-state index is 11.6. The van der Waals surface area contributed by atoms with E-state index in [1.165, 1.54) is 25.3 Å². The number of nitrogens with one attached hydrogen (secondary N) is 2. The second-order valence-electron chi connectivity index (χ2n) is 6.09. The highest BCUT2D eigenvalue weighted by atomic mass is 16.5. The number of rotatable bonds is 8. The van der Waals surface area contributed by atoms with Crippen LogP contribution in [0.1, 0.15) is 52.9 Å². The summed E-state index contributed by atoms with van der Waals surface area (Å²) in [6, 6.07) is 0.260. The van der Waals surface area contributed by atoms with Crippen molar-refractivity contribution in [2.45, 2.75) is 58.9 Å². The van der Waals surface area contributed by atoms with Gasteiger partial charge >= 0.3 is 5.97 Å². The first kappa shape index (κ1) is 20.8. The predicted molar refractivity (Wildman–Crippen MR) is 103 cm³/mol. The van der Waals surface area contributed by atoms with E-state index in [0.717, 1.165) is 19.4 Å². The molecule has 0 saturated heterocycles. The summed E-state index contributed by atoms with van der Waals surface area (Å²) in [5.74, 6) is 0.891. The zero-order valence-corrected chi connectivity index (χ0v) is 15.7. The lowest BCUT2D eigenvalue weighted by Gasteiger charge is -2.21. The molecule has 0 bridgehead atoms. The van der Waals surface area contributed by atoms with Gasteiger partial charge in [-0.2, -0.15) is 0 Å². The summed E-state index contributed by atoms with van der Waals surface area (Å²) in [5, 5.41) is 6.33. The third-order valence-corrected chi connectivity index (χ3v) is 3.90. The molecule has 0 aromatic carbocycles. The minimum atomic E-state index is -0.399. The van der Waals surface area contributed by atoms with Crippen molar-refractivity contribution in [3.05, 3.63) is 35.8 Å². The molecule has 1 saturated carbocycles. The molecular formula is C19H32N4O2. The number of hydrogen-bond donors (Lipinski definition) is 3. The van der Waals surface area contributed by atoms with E-state index in [9.17, 15) is 4.79 Å². The highest BCUT2D eigenvalue weighted by Gasteiger charge is 2.16. The van der Waals surface area contributed by atoms with Crippen LogP contribution in [0.25, 0.3) is 0 Å². The molecule has 0 unspecified atom stereocenters. The number of esters is 1. The molecule has 4 N–H and O–H groups in total. The summed E-state index contributed by atoms with van der Waals surface area (Å²) in [6.45, 7) is 10.6. The largest absolute Gasteiger partial charge is 0.463 e. The van der Waals surface area contributed by atoms with E-state index in [2.05, 4.69) is 17.2 Å². The van der Waals surface area contributed by atoms with Crippen LogP contribution < -0.4 is 16.4 Å². The number of aliphatic imine (C=N–C) groups is 1. The molecule has 1 fully saturated rings. The van der Waals surface area contributed by atoms with Crippen LogP contribution in [0.15, 0.2) is 40.8 Å². The van der Waals surface area contributed by atoms with Gasteiger partial charge in [0.1, 0.15) is 5.84 Å². The average molecular weight is 348 g/mol. The lowest BCUT2D eigenvalue weighted by atomic mass is 9.96. The number of allylic oxidation sites excluding steroid dienone is 1. The van der Waals surface area contributed by atoms with Crippen LogP contribution in [0.5, 0.6) is 0 Å². The Morgan fingerprint density at radius 3 is 2.52 bits per heavy atom. The maximum atomic E-state index is 11.6. The first-order chi connectivity index (χ1) is 12.0. The summed E-state index contributed by atoms with van der Waals surface area (Å²) in [5.41, 5.74) is 7.31. The number of hydrogen-bond acceptors (Lipinski definition) is 5. The molecule has 6 heteroatoms. The van der Waals surface area contributed by atoms with Crippen molar-refractivity contribution in [3.63, 3.8) is 0 Å². The summed E-state index contributed by atoms with van der Waals surface area (Å²) in [4.78, 5) is 16.5. The fourth-order valence-corrected chi connectivity index (χ4v) is 2.70. The van der Waals surface area contributed by atoms with E-state index in [-0.39, 0.29) is 6.04 Å². The van der Waals surface area contributed by atoms with Crippen molar-refractivity contribution in [2.24, 2.45) is 10.7 Å². The van der Waals surface area contributed by atoms with Gasteiger partial charge < -0.3 is 21.1 Å². The molecule has 0 aromatic rings. The second kappa shape index (κ2) is 11.3. The van der Waals surface area contributed by atoms with Crippen LogP contribution in [0.2, 0.25) is 0 Å². The molecular weight excluding hydrogens is 316 g/mol. The number of carbonyl (C=O) groups is 1. The molecule has 1 aliphatic rings. The number of nitrogens with zero attached hydrogens (tertiary/aromatic N) is 1. The quantitative estimate of drug-likeness (QED) is 0.206. The first-order valence-corrected chi connectivity index (χ1v) is 9.07. The predicted octanol–water partition coefficient (Wildman–Crippen LogP) is 2.74. The molecule has 1 rings (SSSR count). The topological polar surface area (TPSA) is 88.7 Å². The van der Waals surface area contributed by atoms with Gasteiger partial charge in [-0.05, 0) is 39.7 Å². The van der Waals surface area contributed by atoms with Crippen LogP contribution in [0.4, 0.5) is 0 Å². The van der Waals surface area contributed by atoms with E-state index >= 15 is 0 Å². The molecule has 0 heterocycles. The summed E-state index contributed by atoms with van der Waals surface area (Å²) >= 11 is 0. The Hall–Kier alpha value is -2.24. The zero-order chi connectivity index (χ0) is 18.7. The molecule has 25 heavy (non-hydrogen) atoms. The van der Waals surface area contributed by atoms with Crippen LogP contribution in [0.3, 0.4) is 0 Å². The Kier molecular flexibility index (Phi) is 9.43. The number of nitrogens with two attached hydrogens (primary N) is 1. The van der Waals surface area contributed by atoms with Crippen LogP contribution in [-0.4, -0.2) is 31.0 Å². The van der Waals surface area contributed by atoms with Gasteiger partial charge in [-0.3, -0.25) is 4.99 Å². The third-order valence-electron chi connectivity index (χ3n) is 3.90. The number of ether oxygens (including phenoxy) is 1. The summed E-state index contributed by atoms with van der Waals surface area (Å²) in [6.07, 6.45) is 8.81. The van der Waals surface area contributed by atoms with Gasteiger partial charge in [0.2, 0.25) is 0 Å². The highest BCUT2D eigenvalue weighted by molar-refractivity contribution is 6.03. The zero-order valence-electron chi connectivity index (χ0n) is 15.7. The van der Waals surface area contributed by atoms with Crippen molar-refractivity contribution in [2.75, 3.05) is 13.2 Å². The SMILES string of the molecule is C=C(NCC)NC(=NC1CCCCC1)C(/C=C/C(=O)OCC)=C(/C)N. The highest BCUT2D eigenvalue weighted by Crippen LogP contribution is 2.21. The fourth-order valence-electron chi connectivity index (χ4n) is 2.70. The minimum Gasteiger partial charge on any atom is -0.463 e. The van der Waals surface area contributed by atoms with Crippen LogP contribution in [-0.2, 0) is 9.53 Å². The van der Waals surface area contributed by atoms with Gasteiger partial charge in [-0.25, -0.2) is 4.79 Å². The summed E-state index contributed by atoms with van der Waals surface area (Å²) in [7, 11) is 0. The molecule has 6 nitrogen and oxygen atoms in total. The van der Waals surface area contributed by atoms with Gasteiger partial charge in [-0.15, -0.1) is 0 Å². The molecule has 0 aliphatic heterocycles. The Balaban J connectivity index is 3.07. The fraction of sp³-hybridized carbons (Fsp3) is 0.579. The van der Waals surface area contributed by atoms with Crippen molar-refractivity contribution < 1.29 is 9.53 Å². The monoisotopic (exact) mass is 348 g/mol. The van der Waals surface area contributed by atoms with Crippen molar-refractivity contribution in [3.8, 4) is 0 Å². The van der Waals surface area contributed by atoms with E-state index < -0.39 is 5.97 Å². The smallest absolute Gasteiger partial charge is 0.330 e. The van der Waals surface area contributed by atoms with E-state index in [4.69, 9.17) is 15.5 Å². The lowest BCUT2D eigenvalue weighted by molar-refractivity contribution is -0.137. The maximum Gasteiger partial charge on any atom is 0.330 e. The minimum absolute atomic E-state index is 0.260. The molecule has 0 aromatic heterocycles. The normalized spacial score (nSPS) is 17.2. The molecule has 0 amide bonds. The van der Waals surface area contributed by atoms with Crippen LogP contribution >= 0.6 is 0 Å². The van der Waals surface area contributed by atoms with Crippen molar-refractivity contribution in [1.29, 1.82) is 0 Å². The molecule has 1 aliphatic carbocycles. The summed E-state index contributed by atoms with van der Waals surface area (Å²) < 4.78 is 4.94. The van der Waals surface area contributed by atoms with Gasteiger partial charge in [0.05, 0.1) is 18.5 Å². The first-order valence-electron chi connectivity index (χ1n) is 9.07. The molecule has 0 atom stereocenters. The van der Waals surface area contributed by atoms with Crippen molar-refractivity contribution >= 4 is 11.8 Å². The second-order valence-corrected chi connectivity index (χ2v) is 6.09. The van der Waals surface area contributed by atoms with Gasteiger partial charge in [0, 0.05) is 23.9 Å². The van der Waals surface area contributed by atoms with Crippen LogP contribution in [0, 0.1) is 0 Å². The average Bonchev–Trinajstić information content (AvgIpc) is 2.56. The Labute approximate surface area is 151 Å². The van der Waals surface area contributed by atoms with Crippen molar-refractivity contribution in [1.82, 2.24) is 10.6 Å². The third kappa shape index (κ3) is 7.92. The molecule has 0 radical (unpaired) electrons.